The zero-order chi connectivity index (χ0) is 15.9. The average molecular weight is 319 g/mol. The predicted molar refractivity (Wildman–Crippen MR) is 81.4 cm³/mol. The van der Waals surface area contributed by atoms with Gasteiger partial charge >= 0.3 is 5.76 Å². The lowest BCUT2D eigenvalue weighted by Crippen LogP contribution is -2.14. The van der Waals surface area contributed by atoms with Crippen molar-refractivity contribution < 1.29 is 17.2 Å². The first-order valence-electron chi connectivity index (χ1n) is 7.27. The summed E-state index contributed by atoms with van der Waals surface area (Å²) in [5.74, 6) is -2.82. The fraction of sp³-hybridized carbons (Fsp3) is 0.600. The molecule has 0 radical (unpaired) electrons. The Balaban J connectivity index is 2.63. The molecule has 0 bridgehead atoms. The zero-order valence-corrected chi connectivity index (χ0v) is 13.3. The molecule has 0 aliphatic rings. The van der Waals surface area contributed by atoms with Gasteiger partial charge in [0, 0.05) is 12.2 Å². The molecule has 6 heteroatoms. The quantitative estimate of drug-likeness (QED) is 0.737. The molecule has 0 aliphatic carbocycles. The summed E-state index contributed by atoms with van der Waals surface area (Å²) in [5, 5.41) is 3.23. The number of nitrogens with one attached hydrogen (secondary N) is 1. The standard InChI is InChI=1S/C15H23F2NO2S/c1-3-5-6-12(4-2)11-18-13-7-9-14(10-8-13)21(19,20)15(16)17/h7-10,12,15,18H,3-6,11H2,1-2H3. The van der Waals surface area contributed by atoms with Crippen molar-refractivity contribution in [2.75, 3.05) is 11.9 Å². The van der Waals surface area contributed by atoms with Gasteiger partial charge in [-0.3, -0.25) is 0 Å². The van der Waals surface area contributed by atoms with Crippen molar-refractivity contribution in [1.29, 1.82) is 0 Å². The van der Waals surface area contributed by atoms with E-state index in [1.807, 2.05) is 0 Å². The van der Waals surface area contributed by atoms with Crippen LogP contribution in [0.3, 0.4) is 0 Å². The van der Waals surface area contributed by atoms with Crippen LogP contribution in [0.25, 0.3) is 0 Å². The summed E-state index contributed by atoms with van der Waals surface area (Å²) in [7, 11) is -4.50. The van der Waals surface area contributed by atoms with Crippen LogP contribution < -0.4 is 5.32 Å². The summed E-state index contributed by atoms with van der Waals surface area (Å²) in [5.41, 5.74) is 0.748. The molecule has 3 nitrogen and oxygen atoms in total. The Labute approximate surface area is 125 Å². The van der Waals surface area contributed by atoms with Crippen molar-refractivity contribution in [3.8, 4) is 0 Å². The number of hydrogen-bond acceptors (Lipinski definition) is 3. The highest BCUT2D eigenvalue weighted by Crippen LogP contribution is 2.21. The van der Waals surface area contributed by atoms with Crippen LogP contribution in [0.1, 0.15) is 39.5 Å². The molecule has 0 spiro atoms. The van der Waals surface area contributed by atoms with E-state index in [-0.39, 0.29) is 4.90 Å². The van der Waals surface area contributed by atoms with Crippen molar-refractivity contribution in [2.45, 2.75) is 50.2 Å². The van der Waals surface area contributed by atoms with E-state index in [9.17, 15) is 17.2 Å². The van der Waals surface area contributed by atoms with Crippen LogP contribution in [0.15, 0.2) is 29.2 Å². The first-order valence-corrected chi connectivity index (χ1v) is 8.82. The van der Waals surface area contributed by atoms with E-state index in [0.29, 0.717) is 5.92 Å². The van der Waals surface area contributed by atoms with Gasteiger partial charge in [0.05, 0.1) is 4.90 Å². The Hall–Kier alpha value is -1.17. The Morgan fingerprint density at radius 1 is 1.14 bits per heavy atom. The van der Waals surface area contributed by atoms with E-state index in [4.69, 9.17) is 0 Å². The molecule has 0 fully saturated rings. The first kappa shape index (κ1) is 17.9. The molecule has 0 amide bonds. The van der Waals surface area contributed by atoms with Crippen molar-refractivity contribution in [1.82, 2.24) is 0 Å². The van der Waals surface area contributed by atoms with Crippen LogP contribution in [0.2, 0.25) is 0 Å². The molecule has 21 heavy (non-hydrogen) atoms. The second-order valence-corrected chi connectivity index (χ2v) is 7.05. The third-order valence-corrected chi connectivity index (χ3v) is 4.95. The largest absolute Gasteiger partial charge is 0.385 e. The SMILES string of the molecule is CCCCC(CC)CNc1ccc(S(=O)(=O)C(F)F)cc1. The minimum Gasteiger partial charge on any atom is -0.385 e. The van der Waals surface area contributed by atoms with Crippen LogP contribution in [0.4, 0.5) is 14.5 Å². The Morgan fingerprint density at radius 3 is 2.24 bits per heavy atom. The molecule has 0 saturated carbocycles. The summed E-state index contributed by atoms with van der Waals surface area (Å²) in [6, 6.07) is 5.50. The lowest BCUT2D eigenvalue weighted by molar-refractivity contribution is 0.234. The van der Waals surface area contributed by atoms with Gasteiger partial charge in [-0.1, -0.05) is 33.1 Å². The second kappa shape index (κ2) is 8.32. The number of halogens is 2. The fourth-order valence-corrected chi connectivity index (χ4v) is 2.79. The minimum atomic E-state index is -4.50. The topological polar surface area (TPSA) is 46.2 Å². The third kappa shape index (κ3) is 5.26. The fourth-order valence-electron chi connectivity index (χ4n) is 2.07. The lowest BCUT2D eigenvalue weighted by Gasteiger charge is -2.16. The van der Waals surface area contributed by atoms with Crippen molar-refractivity contribution in [3.05, 3.63) is 24.3 Å². The number of anilines is 1. The second-order valence-electron chi connectivity index (χ2n) is 5.13. The number of hydrogen-bond donors (Lipinski definition) is 1. The van der Waals surface area contributed by atoms with E-state index in [1.165, 1.54) is 30.7 Å². The van der Waals surface area contributed by atoms with Gasteiger partial charge in [0.2, 0.25) is 9.84 Å². The van der Waals surface area contributed by atoms with Gasteiger partial charge in [-0.15, -0.1) is 0 Å². The van der Waals surface area contributed by atoms with Crippen LogP contribution in [-0.4, -0.2) is 20.7 Å². The van der Waals surface area contributed by atoms with E-state index < -0.39 is 15.6 Å². The summed E-state index contributed by atoms with van der Waals surface area (Å²) >= 11 is 0. The highest BCUT2D eigenvalue weighted by molar-refractivity contribution is 7.91. The molecule has 1 unspecified atom stereocenters. The molecular formula is C15H23F2NO2S. The van der Waals surface area contributed by atoms with E-state index in [1.54, 1.807) is 0 Å². The average Bonchev–Trinajstić information content (AvgIpc) is 2.47. The molecule has 1 N–H and O–H groups in total. The van der Waals surface area contributed by atoms with Gasteiger partial charge in [-0.2, -0.15) is 8.78 Å². The van der Waals surface area contributed by atoms with E-state index >= 15 is 0 Å². The van der Waals surface area contributed by atoms with Crippen LogP contribution in [0.5, 0.6) is 0 Å². The highest BCUT2D eigenvalue weighted by Gasteiger charge is 2.26. The Bertz CT molecular complexity index is 515. The zero-order valence-electron chi connectivity index (χ0n) is 12.5. The monoisotopic (exact) mass is 319 g/mol. The molecule has 1 aromatic carbocycles. The number of unbranched alkanes of at least 4 members (excludes halogenated alkanes) is 1. The van der Waals surface area contributed by atoms with Gasteiger partial charge < -0.3 is 5.32 Å². The Morgan fingerprint density at radius 2 is 1.76 bits per heavy atom. The molecule has 120 valence electrons. The maximum Gasteiger partial charge on any atom is 0.341 e. The van der Waals surface area contributed by atoms with Crippen LogP contribution in [0, 0.1) is 5.92 Å². The number of benzene rings is 1. The first-order chi connectivity index (χ1) is 9.91. The normalized spacial score (nSPS) is 13.4. The minimum absolute atomic E-state index is 0.346. The molecule has 1 aromatic rings. The third-order valence-electron chi connectivity index (χ3n) is 3.56. The molecule has 0 heterocycles. The van der Waals surface area contributed by atoms with Gasteiger partial charge in [0.1, 0.15) is 0 Å². The number of alkyl halides is 2. The molecule has 0 aromatic heterocycles. The van der Waals surface area contributed by atoms with Gasteiger partial charge in [0.15, 0.2) is 0 Å². The van der Waals surface area contributed by atoms with Crippen molar-refractivity contribution >= 4 is 15.5 Å². The summed E-state index contributed by atoms with van der Waals surface area (Å²) in [6.45, 7) is 5.10. The maximum absolute atomic E-state index is 12.4. The molecule has 1 atom stereocenters. The van der Waals surface area contributed by atoms with Crippen LogP contribution in [-0.2, 0) is 9.84 Å². The molecule has 1 rings (SSSR count). The van der Waals surface area contributed by atoms with Crippen molar-refractivity contribution in [2.24, 2.45) is 5.92 Å². The Kier molecular flexibility index (Phi) is 7.08. The van der Waals surface area contributed by atoms with Gasteiger partial charge in [-0.05, 0) is 36.6 Å². The predicted octanol–water partition coefficient (Wildman–Crippen LogP) is 4.31. The van der Waals surface area contributed by atoms with Gasteiger partial charge in [-0.25, -0.2) is 8.42 Å². The van der Waals surface area contributed by atoms with E-state index in [0.717, 1.165) is 31.5 Å². The number of rotatable bonds is 9. The van der Waals surface area contributed by atoms with E-state index in [2.05, 4.69) is 19.2 Å². The van der Waals surface area contributed by atoms with Crippen LogP contribution >= 0.6 is 0 Å². The van der Waals surface area contributed by atoms with Crippen molar-refractivity contribution in [3.63, 3.8) is 0 Å². The summed E-state index contributed by atoms with van der Waals surface area (Å²) in [4.78, 5) is -0.346. The summed E-state index contributed by atoms with van der Waals surface area (Å²) in [6.07, 6.45) is 4.57. The molecule has 0 saturated heterocycles. The smallest absolute Gasteiger partial charge is 0.341 e. The van der Waals surface area contributed by atoms with Gasteiger partial charge in [0.25, 0.3) is 0 Å². The summed E-state index contributed by atoms with van der Waals surface area (Å²) < 4.78 is 47.4. The molecular weight excluding hydrogens is 296 g/mol. The lowest BCUT2D eigenvalue weighted by atomic mass is 9.99. The highest BCUT2D eigenvalue weighted by atomic mass is 32.2. The maximum atomic E-state index is 12.4. The number of sulfone groups is 1. The molecule has 0 aliphatic heterocycles.